The highest BCUT2D eigenvalue weighted by molar-refractivity contribution is 5.90. The van der Waals surface area contributed by atoms with E-state index in [1.54, 1.807) is 0 Å². The molecule has 0 fully saturated rings. The summed E-state index contributed by atoms with van der Waals surface area (Å²) in [5.41, 5.74) is 3.09. The van der Waals surface area contributed by atoms with Gasteiger partial charge in [0.2, 0.25) is 11.8 Å². The van der Waals surface area contributed by atoms with Crippen LogP contribution in [0, 0.1) is 0 Å². The lowest BCUT2D eigenvalue weighted by atomic mass is 10.0. The van der Waals surface area contributed by atoms with Crippen LogP contribution in [-0.4, -0.2) is 23.9 Å². The lowest BCUT2D eigenvalue weighted by Gasteiger charge is -2.22. The van der Waals surface area contributed by atoms with Gasteiger partial charge in [0.25, 0.3) is 0 Å². The molecule has 34 heavy (non-hydrogen) atoms. The first-order valence-corrected chi connectivity index (χ1v) is 11.7. The third kappa shape index (κ3) is 6.55. The maximum Gasteiger partial charge on any atom is 0.243 e. The lowest BCUT2D eigenvalue weighted by Crippen LogP contribution is -2.50. The average molecular weight is 451 g/mol. The Balaban J connectivity index is 1.43. The highest BCUT2D eigenvalue weighted by Gasteiger charge is 2.23. The predicted octanol–water partition coefficient (Wildman–Crippen LogP) is 4.86. The normalized spacial score (nSPS) is 12.6. The van der Waals surface area contributed by atoms with Gasteiger partial charge in [-0.3, -0.25) is 9.59 Å². The Hall–Kier alpha value is -3.92. The van der Waals surface area contributed by atoms with E-state index < -0.39 is 6.04 Å². The second kappa shape index (κ2) is 11.3. The number of nitrogens with one attached hydrogen (secondary N) is 2. The zero-order valence-corrected chi connectivity index (χ0v) is 19.4. The first-order valence-electron chi connectivity index (χ1n) is 11.7. The number of amides is 2. The van der Waals surface area contributed by atoms with Crippen molar-refractivity contribution in [3.8, 4) is 0 Å². The number of rotatable bonds is 9. The molecule has 0 radical (unpaired) electrons. The van der Waals surface area contributed by atoms with E-state index in [-0.39, 0.29) is 24.3 Å². The molecule has 2 amide bonds. The Bertz CT molecular complexity index is 1240. The third-order valence-electron chi connectivity index (χ3n) is 5.89. The Morgan fingerprint density at radius 2 is 1.24 bits per heavy atom. The Labute approximate surface area is 201 Å². The van der Waals surface area contributed by atoms with Crippen molar-refractivity contribution >= 4 is 22.6 Å². The van der Waals surface area contributed by atoms with Gasteiger partial charge in [0, 0.05) is 12.5 Å². The van der Waals surface area contributed by atoms with E-state index in [4.69, 9.17) is 0 Å². The standard InChI is InChI=1S/C30H30N2O2/c1-22(18-23-10-4-2-5-11-23)31-30(34)28(20-24-12-6-3-7-13-24)32-29(33)21-25-16-17-26-14-8-9-15-27(26)19-25/h2-17,19,22,28H,18,20-21H2,1H3,(H,31,34)(H,32,33)/t22-,28+/m1/s1. The van der Waals surface area contributed by atoms with Gasteiger partial charge in [-0.05, 0) is 40.8 Å². The van der Waals surface area contributed by atoms with Crippen LogP contribution in [-0.2, 0) is 28.9 Å². The molecule has 0 aromatic heterocycles. The van der Waals surface area contributed by atoms with E-state index in [9.17, 15) is 9.59 Å². The highest BCUT2D eigenvalue weighted by atomic mass is 16.2. The van der Waals surface area contributed by atoms with Gasteiger partial charge >= 0.3 is 0 Å². The first kappa shape index (κ1) is 23.2. The molecule has 4 aromatic carbocycles. The molecular formula is C30H30N2O2. The largest absolute Gasteiger partial charge is 0.352 e. The second-order valence-electron chi connectivity index (χ2n) is 8.77. The Kier molecular flexibility index (Phi) is 7.71. The van der Waals surface area contributed by atoms with Crippen LogP contribution in [0.5, 0.6) is 0 Å². The van der Waals surface area contributed by atoms with Crippen LogP contribution in [0.3, 0.4) is 0 Å². The smallest absolute Gasteiger partial charge is 0.243 e. The zero-order valence-electron chi connectivity index (χ0n) is 19.4. The van der Waals surface area contributed by atoms with Crippen molar-refractivity contribution in [3.05, 3.63) is 120 Å². The van der Waals surface area contributed by atoms with Crippen LogP contribution in [0.2, 0.25) is 0 Å². The van der Waals surface area contributed by atoms with Crippen LogP contribution < -0.4 is 10.6 Å². The number of hydrogen-bond donors (Lipinski definition) is 2. The van der Waals surface area contributed by atoms with E-state index in [2.05, 4.69) is 28.8 Å². The van der Waals surface area contributed by atoms with Gasteiger partial charge in [-0.1, -0.05) is 103 Å². The summed E-state index contributed by atoms with van der Waals surface area (Å²) in [4.78, 5) is 26.1. The first-order chi connectivity index (χ1) is 16.6. The molecule has 2 N–H and O–H groups in total. The van der Waals surface area contributed by atoms with Gasteiger partial charge in [0.15, 0.2) is 0 Å². The van der Waals surface area contributed by atoms with Crippen molar-refractivity contribution < 1.29 is 9.59 Å². The number of benzene rings is 4. The van der Waals surface area contributed by atoms with Gasteiger partial charge in [0.05, 0.1) is 6.42 Å². The molecule has 0 aliphatic carbocycles. The SMILES string of the molecule is C[C@H](Cc1ccccc1)NC(=O)[C@H](Cc1ccccc1)NC(=O)Cc1ccc2ccccc2c1. The van der Waals surface area contributed by atoms with Gasteiger partial charge in [-0.15, -0.1) is 0 Å². The van der Waals surface area contributed by atoms with Crippen molar-refractivity contribution in [2.45, 2.75) is 38.3 Å². The molecule has 0 aliphatic heterocycles. The van der Waals surface area contributed by atoms with Crippen LogP contribution in [0.15, 0.2) is 103 Å². The van der Waals surface area contributed by atoms with Crippen molar-refractivity contribution in [1.29, 1.82) is 0 Å². The molecular weight excluding hydrogens is 420 g/mol. The number of carbonyl (C=O) groups is 2. The molecule has 0 unspecified atom stereocenters. The van der Waals surface area contributed by atoms with E-state index in [0.717, 1.165) is 33.9 Å². The minimum absolute atomic E-state index is 0.0504. The van der Waals surface area contributed by atoms with Gasteiger partial charge < -0.3 is 10.6 Å². The number of hydrogen-bond acceptors (Lipinski definition) is 2. The topological polar surface area (TPSA) is 58.2 Å². The molecule has 4 rings (SSSR count). The summed E-state index contributed by atoms with van der Waals surface area (Å²) in [6.07, 6.45) is 1.40. The van der Waals surface area contributed by atoms with Crippen LogP contribution >= 0.6 is 0 Å². The fraction of sp³-hybridized carbons (Fsp3) is 0.200. The van der Waals surface area contributed by atoms with E-state index in [0.29, 0.717) is 6.42 Å². The molecule has 0 aliphatic rings. The average Bonchev–Trinajstić information content (AvgIpc) is 2.84. The molecule has 4 nitrogen and oxygen atoms in total. The molecule has 172 valence electrons. The fourth-order valence-electron chi connectivity index (χ4n) is 4.20. The molecule has 0 saturated heterocycles. The number of fused-ring (bicyclic) bond motifs is 1. The van der Waals surface area contributed by atoms with Crippen LogP contribution in [0.1, 0.15) is 23.6 Å². The zero-order chi connectivity index (χ0) is 23.8. The van der Waals surface area contributed by atoms with Gasteiger partial charge in [-0.25, -0.2) is 0 Å². The maximum atomic E-state index is 13.2. The lowest BCUT2D eigenvalue weighted by molar-refractivity contribution is -0.129. The summed E-state index contributed by atoms with van der Waals surface area (Å²) >= 11 is 0. The Morgan fingerprint density at radius 3 is 1.91 bits per heavy atom. The highest BCUT2D eigenvalue weighted by Crippen LogP contribution is 2.16. The molecule has 0 spiro atoms. The molecule has 4 heteroatoms. The predicted molar refractivity (Wildman–Crippen MR) is 137 cm³/mol. The summed E-state index contributed by atoms with van der Waals surface area (Å²) in [5.74, 6) is -0.332. The molecule has 0 saturated carbocycles. The van der Waals surface area contributed by atoms with E-state index >= 15 is 0 Å². The molecule has 0 bridgehead atoms. The summed E-state index contributed by atoms with van der Waals surface area (Å²) in [7, 11) is 0. The summed E-state index contributed by atoms with van der Waals surface area (Å²) < 4.78 is 0. The van der Waals surface area contributed by atoms with Crippen molar-refractivity contribution in [3.63, 3.8) is 0 Å². The van der Waals surface area contributed by atoms with Crippen molar-refractivity contribution in [2.75, 3.05) is 0 Å². The minimum atomic E-state index is -0.645. The van der Waals surface area contributed by atoms with Crippen molar-refractivity contribution in [1.82, 2.24) is 10.6 Å². The third-order valence-corrected chi connectivity index (χ3v) is 5.89. The quantitative estimate of drug-likeness (QED) is 0.383. The minimum Gasteiger partial charge on any atom is -0.352 e. The summed E-state index contributed by atoms with van der Waals surface area (Å²) in [6, 6.07) is 33.3. The van der Waals surface area contributed by atoms with E-state index in [1.807, 2.05) is 91.9 Å². The van der Waals surface area contributed by atoms with E-state index in [1.165, 1.54) is 0 Å². The van der Waals surface area contributed by atoms with Crippen LogP contribution in [0.4, 0.5) is 0 Å². The molecule has 0 heterocycles. The second-order valence-corrected chi connectivity index (χ2v) is 8.77. The summed E-state index contributed by atoms with van der Waals surface area (Å²) in [6.45, 7) is 1.99. The van der Waals surface area contributed by atoms with Gasteiger partial charge in [-0.2, -0.15) is 0 Å². The van der Waals surface area contributed by atoms with Gasteiger partial charge in [0.1, 0.15) is 6.04 Å². The maximum absolute atomic E-state index is 13.2. The van der Waals surface area contributed by atoms with Crippen LogP contribution in [0.25, 0.3) is 10.8 Å². The fourth-order valence-corrected chi connectivity index (χ4v) is 4.20. The Morgan fingerprint density at radius 1 is 0.647 bits per heavy atom. The number of carbonyl (C=O) groups excluding carboxylic acids is 2. The summed E-state index contributed by atoms with van der Waals surface area (Å²) in [5, 5.41) is 8.31. The molecule has 4 aromatic rings. The van der Waals surface area contributed by atoms with Crippen molar-refractivity contribution in [2.24, 2.45) is 0 Å². The molecule has 2 atom stereocenters. The monoisotopic (exact) mass is 450 g/mol.